The first-order valence-corrected chi connectivity index (χ1v) is 21.5. The summed E-state index contributed by atoms with van der Waals surface area (Å²) in [6, 6.07) is -0.491. The zero-order valence-electron chi connectivity index (χ0n) is 35.4. The number of allylic oxidation sites excluding steroid dienone is 2. The first-order valence-electron chi connectivity index (χ1n) is 21.5. The molecule has 6 rings (SSSR count). The summed E-state index contributed by atoms with van der Waals surface area (Å²) >= 11 is 0. The summed E-state index contributed by atoms with van der Waals surface area (Å²) in [6.45, 7) is 10.3. The molecule has 3 heterocycles. The average molecular weight is 805 g/mol. The molecular weight excluding hydrogens is 736 g/mol. The summed E-state index contributed by atoms with van der Waals surface area (Å²) in [4.78, 5) is 33.9. The maximum atomic E-state index is 14.9. The summed E-state index contributed by atoms with van der Waals surface area (Å²) < 4.78 is 49.9. The highest BCUT2D eigenvalue weighted by Crippen LogP contribution is 2.57. The molecule has 3 aliphatic heterocycles. The minimum absolute atomic E-state index is 0.0237. The van der Waals surface area contributed by atoms with Crippen molar-refractivity contribution in [3.05, 3.63) is 22.1 Å². The van der Waals surface area contributed by atoms with Crippen molar-refractivity contribution in [3.63, 3.8) is 0 Å². The zero-order valence-corrected chi connectivity index (χ0v) is 35.4. The number of hydrogen-bond acceptors (Lipinski definition) is 13. The number of esters is 1. The number of azide groups is 1. The van der Waals surface area contributed by atoms with Crippen molar-refractivity contribution < 1.29 is 52.6 Å². The molecule has 3 unspecified atom stereocenters. The smallest absolute Gasteiger partial charge is 0.306 e. The van der Waals surface area contributed by atoms with Crippen LogP contribution in [0.25, 0.3) is 10.4 Å². The van der Waals surface area contributed by atoms with Crippen molar-refractivity contribution >= 4 is 11.8 Å². The highest BCUT2D eigenvalue weighted by atomic mass is 16.7. The number of cyclic esters (lactones) is 1. The molecule has 57 heavy (non-hydrogen) atoms. The average Bonchev–Trinajstić information content (AvgIpc) is 3.76. The lowest BCUT2D eigenvalue weighted by molar-refractivity contribution is -0.317. The largest absolute Gasteiger partial charge is 0.462 e. The van der Waals surface area contributed by atoms with Gasteiger partial charge in [-0.2, -0.15) is 0 Å². The van der Waals surface area contributed by atoms with E-state index in [1.54, 1.807) is 14.2 Å². The fraction of sp³-hybridized carbons (Fsp3) is 0.905. The van der Waals surface area contributed by atoms with Crippen LogP contribution in [-0.4, -0.2) is 136 Å². The van der Waals surface area contributed by atoms with E-state index < -0.39 is 60.8 Å². The Bertz CT molecular complexity index is 1460. The molecule has 0 bridgehead atoms. The van der Waals surface area contributed by atoms with E-state index in [4.69, 9.17) is 37.9 Å². The number of rotatable bonds is 11. The predicted octanol–water partition coefficient (Wildman–Crippen LogP) is 5.36. The highest BCUT2D eigenvalue weighted by molar-refractivity contribution is 5.99. The Balaban J connectivity index is 1.28. The van der Waals surface area contributed by atoms with Gasteiger partial charge in [-0.15, -0.1) is 0 Å². The molecular formula is C42H68N4O11. The van der Waals surface area contributed by atoms with Gasteiger partial charge in [-0.05, 0) is 121 Å². The number of ether oxygens (including phenoxy) is 8. The molecule has 322 valence electrons. The summed E-state index contributed by atoms with van der Waals surface area (Å²) in [5.41, 5.74) is 10.3. The van der Waals surface area contributed by atoms with Crippen LogP contribution in [0.15, 0.2) is 16.8 Å². The molecule has 3 saturated heterocycles. The van der Waals surface area contributed by atoms with Crippen LogP contribution in [0.5, 0.6) is 0 Å². The molecule has 0 spiro atoms. The lowest BCUT2D eigenvalue weighted by atomic mass is 9.63. The van der Waals surface area contributed by atoms with Crippen molar-refractivity contribution in [2.45, 2.75) is 172 Å². The number of nitrogens with zero attached hydrogens (tertiary/aromatic N) is 4. The number of aliphatic hydroxyl groups is 1. The molecule has 5 fully saturated rings. The van der Waals surface area contributed by atoms with Crippen LogP contribution in [0.4, 0.5) is 0 Å². The van der Waals surface area contributed by atoms with Gasteiger partial charge in [0.25, 0.3) is 0 Å². The van der Waals surface area contributed by atoms with E-state index in [2.05, 4.69) is 35.9 Å². The van der Waals surface area contributed by atoms with Gasteiger partial charge in [0.2, 0.25) is 0 Å². The zero-order chi connectivity index (χ0) is 41.1. The lowest BCUT2D eigenvalue weighted by Gasteiger charge is -2.45. The van der Waals surface area contributed by atoms with Crippen molar-refractivity contribution in [2.75, 3.05) is 34.9 Å². The van der Waals surface area contributed by atoms with Gasteiger partial charge in [-0.25, -0.2) is 0 Å². The Morgan fingerprint density at radius 2 is 1.68 bits per heavy atom. The summed E-state index contributed by atoms with van der Waals surface area (Å²) in [5.74, 6) is -2.74. The number of aliphatic hydroxyl groups excluding tert-OH is 1. The van der Waals surface area contributed by atoms with E-state index in [0.717, 1.165) is 19.3 Å². The SMILES string of the molecule is CCO[C@H]1C(OC)[C@H](O[C@@H]2C[C@@H]3[C@@H](C2)[C@@H]2C=C4C(=O)[C@H](C)[C@@H](O[C@H]5CC[C@H](N(C)C)C(C)O5)CCC[C@H](CC)OC(=O)C[C@H]4[C@@H]2[C@H](O)[C@@H]3N=[N+]=[N-])OC(C)[C@@H]1OC. The molecule has 0 radical (unpaired) electrons. The molecule has 0 amide bonds. The molecule has 0 aromatic rings. The Kier molecular flexibility index (Phi) is 15.2. The standard InChI is InChI=1S/C42H68N4O11/c1-10-24-13-12-14-32(57-34-16-15-31(46(6)7)22(4)53-34)21(3)37(48)30-19-27-26-17-25(56-42-41(51-9)40(52-11-2)39(50-8)23(5)54-42)18-29(26)36(44-45-43)38(49)35(27)28(30)20-33(47)55-24/h19,21-29,31-32,34-36,38-42,49H,10-18,20H2,1-9H3/t21-,22?,23?,24+,25+,26+,27+,28-,29-,31+,32+,34+,35-,36-,38+,39+,40-,41?,42+/m1/s1. The third-order valence-corrected chi connectivity index (χ3v) is 14.1. The van der Waals surface area contributed by atoms with Crippen LogP contribution < -0.4 is 0 Å². The number of ketones is 1. The number of Topliss-reactive ketones (excluding diaryl/α,β-unsaturated/α-hetero) is 1. The van der Waals surface area contributed by atoms with Gasteiger partial charge in [0, 0.05) is 43.6 Å². The molecule has 1 N–H and O–H groups in total. The maximum Gasteiger partial charge on any atom is 0.306 e. The second kappa shape index (κ2) is 19.5. The first-order chi connectivity index (χ1) is 27.3. The van der Waals surface area contributed by atoms with E-state index in [1.807, 2.05) is 33.8 Å². The topological polar surface area (TPSA) is 180 Å². The third-order valence-electron chi connectivity index (χ3n) is 14.1. The van der Waals surface area contributed by atoms with Gasteiger partial charge in [-0.3, -0.25) is 9.59 Å². The molecule has 2 saturated carbocycles. The number of carbonyl (C=O) groups is 2. The molecule has 3 aliphatic carbocycles. The van der Waals surface area contributed by atoms with E-state index in [0.29, 0.717) is 44.3 Å². The summed E-state index contributed by atoms with van der Waals surface area (Å²) in [5, 5.41) is 16.4. The maximum absolute atomic E-state index is 14.9. The second-order valence-electron chi connectivity index (χ2n) is 17.5. The van der Waals surface area contributed by atoms with E-state index in [1.165, 1.54) is 0 Å². The molecule has 6 aliphatic rings. The van der Waals surface area contributed by atoms with Gasteiger partial charge in [0.05, 0.1) is 43.0 Å². The normalized spacial score (nSPS) is 45.5. The van der Waals surface area contributed by atoms with Crippen molar-refractivity contribution in [2.24, 2.45) is 40.6 Å². The number of fused-ring (bicyclic) bond motifs is 5. The van der Waals surface area contributed by atoms with Crippen LogP contribution in [-0.2, 0) is 47.5 Å². The molecule has 0 aromatic carbocycles. The monoisotopic (exact) mass is 804 g/mol. The molecule has 0 aromatic heterocycles. The van der Waals surface area contributed by atoms with Crippen LogP contribution >= 0.6 is 0 Å². The van der Waals surface area contributed by atoms with E-state index in [9.17, 15) is 20.2 Å². The Hall–Kier alpha value is -2.17. The second-order valence-corrected chi connectivity index (χ2v) is 17.5. The Labute approximate surface area is 338 Å². The fourth-order valence-corrected chi connectivity index (χ4v) is 11.3. The number of methoxy groups -OCH3 is 2. The molecule has 15 heteroatoms. The van der Waals surface area contributed by atoms with Crippen LogP contribution in [0.1, 0.15) is 92.4 Å². The van der Waals surface area contributed by atoms with Crippen LogP contribution in [0.3, 0.4) is 0 Å². The summed E-state index contributed by atoms with van der Waals surface area (Å²) in [6.07, 6.45) is 2.40. The summed E-state index contributed by atoms with van der Waals surface area (Å²) in [7, 11) is 7.34. The highest BCUT2D eigenvalue weighted by Gasteiger charge is 2.59. The van der Waals surface area contributed by atoms with Crippen LogP contribution in [0, 0.1) is 35.5 Å². The fourth-order valence-electron chi connectivity index (χ4n) is 11.3. The van der Waals surface area contributed by atoms with Gasteiger partial charge >= 0.3 is 5.97 Å². The van der Waals surface area contributed by atoms with E-state index in [-0.39, 0.29) is 72.5 Å². The van der Waals surface area contributed by atoms with Gasteiger partial charge in [0.15, 0.2) is 18.4 Å². The molecule has 19 atom stereocenters. The van der Waals surface area contributed by atoms with Crippen molar-refractivity contribution in [3.8, 4) is 0 Å². The van der Waals surface area contributed by atoms with Gasteiger partial charge < -0.3 is 47.9 Å². The quantitative estimate of drug-likeness (QED) is 0.123. The molecule has 15 nitrogen and oxygen atoms in total. The van der Waals surface area contributed by atoms with E-state index >= 15 is 0 Å². The minimum atomic E-state index is -1.09. The van der Waals surface area contributed by atoms with Gasteiger partial charge in [-0.1, -0.05) is 25.0 Å². The Morgan fingerprint density at radius 3 is 2.33 bits per heavy atom. The van der Waals surface area contributed by atoms with Gasteiger partial charge in [0.1, 0.15) is 24.4 Å². The minimum Gasteiger partial charge on any atom is -0.462 e. The lowest BCUT2D eigenvalue weighted by Crippen LogP contribution is -2.60. The Morgan fingerprint density at radius 1 is 0.947 bits per heavy atom. The van der Waals surface area contributed by atoms with Crippen LogP contribution in [0.2, 0.25) is 0 Å². The van der Waals surface area contributed by atoms with Crippen molar-refractivity contribution in [1.29, 1.82) is 0 Å². The van der Waals surface area contributed by atoms with Crippen molar-refractivity contribution in [1.82, 2.24) is 4.90 Å². The number of likely N-dealkylation sites (N-methyl/N-ethyl adjacent to an activating group) is 1. The number of hydrogen-bond donors (Lipinski definition) is 1. The number of carbonyl (C=O) groups excluding carboxylic acids is 2. The predicted molar refractivity (Wildman–Crippen MR) is 209 cm³/mol. The first kappa shape index (κ1) is 44.4. The third kappa shape index (κ3) is 9.28.